The van der Waals surface area contributed by atoms with Crippen LogP contribution in [-0.2, 0) is 30.8 Å². The number of aromatic nitrogens is 1. The Balaban J connectivity index is 1.89. The smallest absolute Gasteiger partial charge is 0.233 e. The number of benzene rings is 2. The Morgan fingerprint density at radius 1 is 1.00 bits per heavy atom. The molecule has 11 heteroatoms. The van der Waals surface area contributed by atoms with Crippen LogP contribution in [0.2, 0.25) is 0 Å². The summed E-state index contributed by atoms with van der Waals surface area (Å²) in [5.41, 5.74) is 0.930. The van der Waals surface area contributed by atoms with Gasteiger partial charge in [-0.15, -0.1) is 0 Å². The number of halogens is 1. The highest BCUT2D eigenvalue weighted by atomic mass is 32.2. The summed E-state index contributed by atoms with van der Waals surface area (Å²) in [4.78, 5) is 4.05. The molecule has 0 aliphatic rings. The Morgan fingerprint density at radius 2 is 1.62 bits per heavy atom. The molecule has 0 fully saturated rings. The van der Waals surface area contributed by atoms with Gasteiger partial charge in [-0.1, -0.05) is 17.7 Å². The Labute approximate surface area is 186 Å². The molecule has 0 saturated heterocycles. The van der Waals surface area contributed by atoms with Gasteiger partial charge in [-0.25, -0.2) is 21.2 Å². The van der Waals surface area contributed by atoms with E-state index in [1.165, 1.54) is 19.2 Å². The van der Waals surface area contributed by atoms with Crippen molar-refractivity contribution in [3.8, 4) is 0 Å². The zero-order chi connectivity index (χ0) is 23.4. The van der Waals surface area contributed by atoms with Crippen molar-refractivity contribution >= 4 is 25.6 Å². The number of rotatable bonds is 10. The predicted molar refractivity (Wildman–Crippen MR) is 116 cm³/mol. The molecule has 0 unspecified atom stereocenters. The number of nitrogens with zero attached hydrogens (tertiary/aromatic N) is 1. The van der Waals surface area contributed by atoms with Crippen LogP contribution in [0.3, 0.4) is 0 Å². The highest BCUT2D eigenvalue weighted by molar-refractivity contribution is 7.91. The Bertz CT molecular complexity index is 1270. The lowest BCUT2D eigenvalue weighted by molar-refractivity contribution is 0.210. The number of nitrogens with one attached hydrogen (secondary N) is 1. The molecule has 0 radical (unpaired) electrons. The van der Waals surface area contributed by atoms with Crippen molar-refractivity contribution in [2.45, 2.75) is 28.2 Å². The number of sulfone groups is 2. The average Bonchev–Trinajstić information content (AvgIpc) is 3.17. The van der Waals surface area contributed by atoms with Crippen molar-refractivity contribution < 1.29 is 30.4 Å². The van der Waals surface area contributed by atoms with Crippen molar-refractivity contribution in [1.82, 2.24) is 4.98 Å². The number of hydrogen-bond donors (Lipinski definition) is 1. The Kier molecular flexibility index (Phi) is 7.32. The first kappa shape index (κ1) is 23.9. The summed E-state index contributed by atoms with van der Waals surface area (Å²) in [5, 5.41) is 2.40. The minimum Gasteiger partial charge on any atom is -0.424 e. The van der Waals surface area contributed by atoms with Crippen LogP contribution in [0.15, 0.2) is 67.8 Å². The summed E-state index contributed by atoms with van der Waals surface area (Å²) in [6, 6.07) is 10.7. The molecule has 0 spiro atoms. The fourth-order valence-electron chi connectivity index (χ4n) is 2.83. The largest absolute Gasteiger partial charge is 0.424 e. The number of methoxy groups -OCH3 is 1. The quantitative estimate of drug-likeness (QED) is 0.346. The molecule has 0 atom stereocenters. The second-order valence-corrected chi connectivity index (χ2v) is 11.0. The zero-order valence-corrected chi connectivity index (χ0v) is 19.2. The van der Waals surface area contributed by atoms with Crippen molar-refractivity contribution in [3.63, 3.8) is 0 Å². The second kappa shape index (κ2) is 9.80. The first-order valence-corrected chi connectivity index (χ1v) is 12.8. The van der Waals surface area contributed by atoms with Crippen molar-refractivity contribution in [1.29, 1.82) is 0 Å². The maximum Gasteiger partial charge on any atom is 0.233 e. The summed E-state index contributed by atoms with van der Waals surface area (Å²) in [5.74, 6) is -1.08. The fourth-order valence-corrected chi connectivity index (χ4v) is 5.35. The van der Waals surface area contributed by atoms with Crippen molar-refractivity contribution in [2.24, 2.45) is 0 Å². The molecular formula is C21H23FN2O6S2. The van der Waals surface area contributed by atoms with Crippen LogP contribution < -0.4 is 5.32 Å². The average molecular weight is 483 g/mol. The summed E-state index contributed by atoms with van der Waals surface area (Å²) < 4.78 is 75.0. The van der Waals surface area contributed by atoms with Crippen molar-refractivity contribution in [3.05, 3.63) is 65.8 Å². The first-order chi connectivity index (χ1) is 15.1. The fraction of sp³-hybridized carbons (Fsp3) is 0.286. The third-order valence-corrected chi connectivity index (χ3v) is 7.99. The monoisotopic (exact) mass is 482 g/mol. The maximum absolute atomic E-state index is 13.2. The van der Waals surface area contributed by atoms with E-state index in [9.17, 15) is 21.2 Å². The highest BCUT2D eigenvalue weighted by Crippen LogP contribution is 2.29. The maximum atomic E-state index is 13.2. The Morgan fingerprint density at radius 3 is 2.25 bits per heavy atom. The number of anilines is 1. The van der Waals surface area contributed by atoms with Crippen LogP contribution in [-0.4, -0.2) is 47.8 Å². The van der Waals surface area contributed by atoms with E-state index in [2.05, 4.69) is 10.3 Å². The van der Waals surface area contributed by atoms with Crippen LogP contribution in [0.25, 0.3) is 0 Å². The second-order valence-electron chi connectivity index (χ2n) is 7.00. The molecule has 1 N–H and O–H groups in total. The molecule has 172 valence electrons. The van der Waals surface area contributed by atoms with Crippen LogP contribution in [0.4, 0.5) is 10.3 Å². The number of ether oxygens (including phenoxy) is 1. The number of hydrogen-bond acceptors (Lipinski definition) is 8. The molecule has 0 amide bonds. The minimum atomic E-state index is -4.14. The molecule has 0 aliphatic carbocycles. The lowest BCUT2D eigenvalue weighted by Gasteiger charge is -2.05. The molecule has 3 aromatic rings. The van der Waals surface area contributed by atoms with E-state index in [4.69, 9.17) is 9.15 Å². The van der Waals surface area contributed by atoms with Crippen molar-refractivity contribution in [2.75, 3.05) is 31.3 Å². The van der Waals surface area contributed by atoms with Gasteiger partial charge in [0.1, 0.15) is 5.82 Å². The van der Waals surface area contributed by atoms with Crippen LogP contribution in [0.1, 0.15) is 11.5 Å². The Hall–Kier alpha value is -2.76. The van der Waals surface area contributed by atoms with Gasteiger partial charge >= 0.3 is 0 Å². The molecular weight excluding hydrogens is 459 g/mol. The van der Waals surface area contributed by atoms with Gasteiger partial charge in [-0.2, -0.15) is 4.98 Å². The third-order valence-electron chi connectivity index (χ3n) is 4.58. The summed E-state index contributed by atoms with van der Waals surface area (Å²) in [6.45, 7) is 2.36. The van der Waals surface area contributed by atoms with Gasteiger partial charge in [-0.3, -0.25) is 0 Å². The summed E-state index contributed by atoms with van der Waals surface area (Å²) >= 11 is 0. The topological polar surface area (TPSA) is 116 Å². The van der Waals surface area contributed by atoms with Gasteiger partial charge in [-0.05, 0) is 43.3 Å². The molecule has 1 heterocycles. The van der Waals surface area contributed by atoms with Gasteiger partial charge in [0, 0.05) is 20.1 Å². The first-order valence-electron chi connectivity index (χ1n) is 9.66. The highest BCUT2D eigenvalue weighted by Gasteiger charge is 2.28. The van der Waals surface area contributed by atoms with Gasteiger partial charge < -0.3 is 14.5 Å². The van der Waals surface area contributed by atoms with Gasteiger partial charge in [0.2, 0.25) is 20.7 Å². The van der Waals surface area contributed by atoms with E-state index in [1.807, 2.05) is 6.92 Å². The van der Waals surface area contributed by atoms with Gasteiger partial charge in [0.25, 0.3) is 0 Å². The van der Waals surface area contributed by atoms with E-state index in [0.717, 1.165) is 29.8 Å². The summed E-state index contributed by atoms with van der Waals surface area (Å²) in [6.07, 6.45) is -0.131. The van der Waals surface area contributed by atoms with Gasteiger partial charge in [0.05, 0.1) is 22.2 Å². The van der Waals surface area contributed by atoms with Gasteiger partial charge in [0.15, 0.2) is 15.7 Å². The molecule has 0 bridgehead atoms. The summed E-state index contributed by atoms with van der Waals surface area (Å²) in [7, 11) is -6.28. The van der Waals surface area contributed by atoms with Crippen LogP contribution in [0, 0.1) is 12.7 Å². The molecule has 32 heavy (non-hydrogen) atoms. The number of oxazole rings is 1. The SMILES string of the molecule is COCCNc1oc(CCS(=O)(=O)c2ccc(C)cc2)nc1S(=O)(=O)c1ccc(F)cc1. The third kappa shape index (κ3) is 5.53. The molecule has 3 rings (SSSR count). The predicted octanol–water partition coefficient (Wildman–Crippen LogP) is 3.03. The van der Waals surface area contributed by atoms with Crippen LogP contribution in [0.5, 0.6) is 0 Å². The van der Waals surface area contributed by atoms with E-state index in [-0.39, 0.29) is 46.9 Å². The van der Waals surface area contributed by atoms with E-state index in [1.54, 1.807) is 12.1 Å². The van der Waals surface area contributed by atoms with E-state index in [0.29, 0.717) is 0 Å². The zero-order valence-electron chi connectivity index (χ0n) is 17.5. The molecule has 1 aromatic heterocycles. The molecule has 2 aromatic carbocycles. The van der Waals surface area contributed by atoms with E-state index < -0.39 is 30.5 Å². The molecule has 0 saturated carbocycles. The molecule has 8 nitrogen and oxygen atoms in total. The molecule has 0 aliphatic heterocycles. The standard InChI is InChI=1S/C21H23FN2O6S2/c1-15-3-7-17(8-4-15)31(25,26)14-11-19-24-21(20(30-19)23-12-13-29-2)32(27,28)18-9-5-16(22)6-10-18/h3-10,23H,11-14H2,1-2H3. The lowest BCUT2D eigenvalue weighted by Crippen LogP contribution is -2.11. The number of aryl methyl sites for hydroxylation is 2. The van der Waals surface area contributed by atoms with E-state index >= 15 is 0 Å². The lowest BCUT2D eigenvalue weighted by atomic mass is 10.2. The normalized spacial score (nSPS) is 12.1. The minimum absolute atomic E-state index is 0.0544. The van der Waals surface area contributed by atoms with Crippen LogP contribution >= 0.6 is 0 Å².